The molecule has 0 radical (unpaired) electrons. The molecule has 3 nitrogen and oxygen atoms in total. The van der Waals surface area contributed by atoms with E-state index in [0.29, 0.717) is 11.8 Å². The number of carbonyl (C=O) groups excluding carboxylic acids is 1. The second kappa shape index (κ2) is 5.89. The van der Waals surface area contributed by atoms with Crippen LogP contribution < -0.4 is 10.6 Å². The van der Waals surface area contributed by atoms with Gasteiger partial charge in [0, 0.05) is 17.2 Å². The van der Waals surface area contributed by atoms with Gasteiger partial charge in [-0.15, -0.1) is 11.8 Å². The van der Waals surface area contributed by atoms with Crippen LogP contribution >= 0.6 is 11.8 Å². The van der Waals surface area contributed by atoms with Crippen molar-refractivity contribution in [1.29, 1.82) is 0 Å². The van der Waals surface area contributed by atoms with Crippen LogP contribution in [0.5, 0.6) is 0 Å². The topological polar surface area (TPSA) is 41.1 Å². The molecule has 2 heterocycles. The van der Waals surface area contributed by atoms with Crippen LogP contribution in [0.1, 0.15) is 43.7 Å². The summed E-state index contributed by atoms with van der Waals surface area (Å²) in [6, 6.07) is 8.73. The lowest BCUT2D eigenvalue weighted by atomic mass is 9.67. The molecule has 22 heavy (non-hydrogen) atoms. The Morgan fingerprint density at radius 1 is 1.27 bits per heavy atom. The number of rotatable bonds is 2. The molecule has 1 aliphatic carbocycles. The van der Waals surface area contributed by atoms with Gasteiger partial charge in [-0.05, 0) is 43.4 Å². The Balaban J connectivity index is 1.55. The molecule has 118 valence electrons. The summed E-state index contributed by atoms with van der Waals surface area (Å²) in [5, 5.41) is 6.89. The Hall–Kier alpha value is -1.00. The lowest BCUT2D eigenvalue weighted by molar-refractivity contribution is -0.134. The van der Waals surface area contributed by atoms with E-state index in [1.807, 2.05) is 11.8 Å². The maximum Gasteiger partial charge on any atom is 0.228 e. The molecule has 1 saturated heterocycles. The summed E-state index contributed by atoms with van der Waals surface area (Å²) in [5.41, 5.74) is 1.17. The first-order valence-electron chi connectivity index (χ1n) is 8.53. The van der Waals surface area contributed by atoms with Gasteiger partial charge in [-0.2, -0.15) is 0 Å². The van der Waals surface area contributed by atoms with Crippen LogP contribution in [-0.2, 0) is 4.79 Å². The zero-order chi connectivity index (χ0) is 15.0. The van der Waals surface area contributed by atoms with Crippen LogP contribution in [0.3, 0.4) is 0 Å². The highest BCUT2D eigenvalue weighted by atomic mass is 32.2. The van der Waals surface area contributed by atoms with E-state index in [1.54, 1.807) is 0 Å². The van der Waals surface area contributed by atoms with Crippen molar-refractivity contribution in [3.63, 3.8) is 0 Å². The second-order valence-corrected chi connectivity index (χ2v) is 8.07. The van der Waals surface area contributed by atoms with Crippen LogP contribution in [0, 0.1) is 11.3 Å². The smallest absolute Gasteiger partial charge is 0.228 e. The van der Waals surface area contributed by atoms with Gasteiger partial charge in [0.25, 0.3) is 0 Å². The van der Waals surface area contributed by atoms with Crippen molar-refractivity contribution in [2.45, 2.75) is 43.0 Å². The molecule has 0 aromatic heterocycles. The average molecular weight is 316 g/mol. The largest absolute Gasteiger partial charge is 0.349 e. The fourth-order valence-corrected chi connectivity index (χ4v) is 5.61. The van der Waals surface area contributed by atoms with Gasteiger partial charge in [0.05, 0.1) is 11.5 Å². The molecule has 1 aromatic rings. The SMILES string of the molecule is O=C(NC1CCSc2ccccc21)[C@@]12CCCC[C@H]1CNC2. The molecule has 4 heteroatoms. The number of amides is 1. The van der Waals surface area contributed by atoms with Gasteiger partial charge in [0.2, 0.25) is 5.91 Å². The van der Waals surface area contributed by atoms with E-state index < -0.39 is 0 Å². The summed E-state index contributed by atoms with van der Waals surface area (Å²) >= 11 is 1.91. The van der Waals surface area contributed by atoms with Crippen molar-refractivity contribution in [1.82, 2.24) is 10.6 Å². The Morgan fingerprint density at radius 3 is 3.14 bits per heavy atom. The van der Waals surface area contributed by atoms with Crippen molar-refractivity contribution in [3.8, 4) is 0 Å². The number of benzene rings is 1. The van der Waals surface area contributed by atoms with E-state index >= 15 is 0 Å². The molecule has 2 N–H and O–H groups in total. The number of hydrogen-bond donors (Lipinski definition) is 2. The molecule has 3 atom stereocenters. The average Bonchev–Trinajstić information content (AvgIpc) is 3.00. The predicted octanol–water partition coefficient (Wildman–Crippen LogP) is 3.12. The van der Waals surface area contributed by atoms with Crippen molar-refractivity contribution >= 4 is 17.7 Å². The van der Waals surface area contributed by atoms with Gasteiger partial charge in [0.15, 0.2) is 0 Å². The quantitative estimate of drug-likeness (QED) is 0.881. The van der Waals surface area contributed by atoms with Gasteiger partial charge in [0.1, 0.15) is 0 Å². The second-order valence-electron chi connectivity index (χ2n) is 6.93. The normalized spacial score (nSPS) is 33.8. The molecule has 3 aliphatic rings. The van der Waals surface area contributed by atoms with E-state index in [0.717, 1.165) is 31.7 Å². The molecular weight excluding hydrogens is 292 g/mol. The zero-order valence-electron chi connectivity index (χ0n) is 12.9. The van der Waals surface area contributed by atoms with Crippen LogP contribution in [0.25, 0.3) is 0 Å². The fourth-order valence-electron chi connectivity index (χ4n) is 4.48. The van der Waals surface area contributed by atoms with Crippen LogP contribution in [-0.4, -0.2) is 24.7 Å². The number of thioether (sulfide) groups is 1. The Labute approximate surface area is 136 Å². The van der Waals surface area contributed by atoms with E-state index in [1.165, 1.54) is 29.7 Å². The van der Waals surface area contributed by atoms with Crippen molar-refractivity contribution in [2.75, 3.05) is 18.8 Å². The predicted molar refractivity (Wildman–Crippen MR) is 89.9 cm³/mol. The first-order chi connectivity index (χ1) is 10.8. The molecule has 4 rings (SSSR count). The lowest BCUT2D eigenvalue weighted by Gasteiger charge is -2.39. The van der Waals surface area contributed by atoms with Crippen LogP contribution in [0.15, 0.2) is 29.2 Å². The molecule has 1 unspecified atom stereocenters. The molecule has 0 spiro atoms. The first-order valence-corrected chi connectivity index (χ1v) is 9.51. The minimum atomic E-state index is -0.141. The number of carbonyl (C=O) groups is 1. The minimum Gasteiger partial charge on any atom is -0.349 e. The minimum absolute atomic E-state index is 0.141. The Morgan fingerprint density at radius 2 is 2.18 bits per heavy atom. The highest BCUT2D eigenvalue weighted by Crippen LogP contribution is 2.45. The van der Waals surface area contributed by atoms with E-state index in [-0.39, 0.29) is 11.5 Å². The standard InChI is InChI=1S/C18H24N2OS/c21-17(18-9-4-3-5-13(18)11-19-12-18)20-15-8-10-22-16-7-2-1-6-14(15)16/h1-2,6-7,13,15,19H,3-5,8-12H2,(H,20,21)/t13-,15?,18+/m0/s1. The number of hydrogen-bond acceptors (Lipinski definition) is 3. The van der Waals surface area contributed by atoms with Crippen molar-refractivity contribution < 1.29 is 4.79 Å². The third-order valence-electron chi connectivity index (χ3n) is 5.75. The van der Waals surface area contributed by atoms with Crippen LogP contribution in [0.4, 0.5) is 0 Å². The van der Waals surface area contributed by atoms with Crippen molar-refractivity contribution in [2.24, 2.45) is 11.3 Å². The summed E-state index contributed by atoms with van der Waals surface area (Å²) in [4.78, 5) is 14.5. The lowest BCUT2D eigenvalue weighted by Crippen LogP contribution is -2.49. The van der Waals surface area contributed by atoms with Gasteiger partial charge < -0.3 is 10.6 Å². The Bertz CT molecular complexity index is 576. The van der Waals surface area contributed by atoms with Gasteiger partial charge in [-0.25, -0.2) is 0 Å². The van der Waals surface area contributed by atoms with Gasteiger partial charge in [-0.1, -0.05) is 31.0 Å². The third kappa shape index (κ3) is 2.37. The van der Waals surface area contributed by atoms with Gasteiger partial charge in [-0.3, -0.25) is 4.79 Å². The van der Waals surface area contributed by atoms with Crippen LogP contribution in [0.2, 0.25) is 0 Å². The highest BCUT2D eigenvalue weighted by Gasteiger charge is 2.50. The maximum atomic E-state index is 13.1. The summed E-state index contributed by atoms with van der Waals surface area (Å²) in [5.74, 6) is 1.93. The number of nitrogens with one attached hydrogen (secondary N) is 2. The van der Waals surface area contributed by atoms with E-state index in [4.69, 9.17) is 0 Å². The summed E-state index contributed by atoms with van der Waals surface area (Å²) < 4.78 is 0. The molecule has 2 aliphatic heterocycles. The molecule has 1 saturated carbocycles. The summed E-state index contributed by atoms with van der Waals surface area (Å²) in [7, 11) is 0. The summed E-state index contributed by atoms with van der Waals surface area (Å²) in [6.07, 6.45) is 5.78. The molecule has 2 fully saturated rings. The molecule has 0 bridgehead atoms. The maximum absolute atomic E-state index is 13.1. The molecule has 1 amide bonds. The Kier molecular flexibility index (Phi) is 3.91. The monoisotopic (exact) mass is 316 g/mol. The first kappa shape index (κ1) is 14.6. The zero-order valence-corrected chi connectivity index (χ0v) is 13.8. The summed E-state index contributed by atoms with van der Waals surface area (Å²) in [6.45, 7) is 1.89. The molecule has 1 aromatic carbocycles. The number of fused-ring (bicyclic) bond motifs is 2. The van der Waals surface area contributed by atoms with E-state index in [9.17, 15) is 4.79 Å². The molecular formula is C18H24N2OS. The fraction of sp³-hybridized carbons (Fsp3) is 0.611. The highest BCUT2D eigenvalue weighted by molar-refractivity contribution is 7.99. The van der Waals surface area contributed by atoms with Crippen molar-refractivity contribution in [3.05, 3.63) is 29.8 Å². The third-order valence-corrected chi connectivity index (χ3v) is 6.88. The van der Waals surface area contributed by atoms with E-state index in [2.05, 4.69) is 34.9 Å². The van der Waals surface area contributed by atoms with Gasteiger partial charge >= 0.3 is 0 Å².